The third kappa shape index (κ3) is 2.95. The minimum absolute atomic E-state index is 0.00438. The van der Waals surface area contributed by atoms with Crippen LogP contribution < -0.4 is 4.74 Å². The molecule has 1 aromatic carbocycles. The highest BCUT2D eigenvalue weighted by Gasteiger charge is 2.39. The Hall–Kier alpha value is -0.810. The quantitative estimate of drug-likeness (QED) is 0.622. The van der Waals surface area contributed by atoms with Gasteiger partial charge in [-0.2, -0.15) is 0 Å². The van der Waals surface area contributed by atoms with Crippen molar-refractivity contribution in [1.29, 1.82) is 0 Å². The highest BCUT2D eigenvalue weighted by atomic mass is 79.9. The molecule has 0 amide bonds. The van der Waals surface area contributed by atoms with Crippen LogP contribution in [0.15, 0.2) is 16.6 Å². The molecule has 0 N–H and O–H groups in total. The Morgan fingerprint density at radius 3 is 2.78 bits per heavy atom. The topological polar surface area (TPSA) is 35.5 Å². The van der Waals surface area contributed by atoms with Crippen molar-refractivity contribution < 1.29 is 18.7 Å². The van der Waals surface area contributed by atoms with E-state index >= 15 is 0 Å². The van der Waals surface area contributed by atoms with Gasteiger partial charge in [-0.05, 0) is 34.8 Å². The van der Waals surface area contributed by atoms with E-state index in [1.807, 2.05) is 0 Å². The second-order valence-corrected chi connectivity index (χ2v) is 5.36. The molecule has 1 atom stereocenters. The number of ether oxygens (including phenoxy) is 2. The monoisotopic (exact) mass is 336 g/mol. The molecular formula is C12H11BrClFO3. The number of methoxy groups -OCH3 is 1. The Morgan fingerprint density at radius 1 is 1.56 bits per heavy atom. The van der Waals surface area contributed by atoms with Crippen LogP contribution in [0.3, 0.4) is 0 Å². The Morgan fingerprint density at radius 2 is 2.22 bits per heavy atom. The van der Waals surface area contributed by atoms with Crippen molar-refractivity contribution in [2.24, 2.45) is 5.92 Å². The lowest BCUT2D eigenvalue weighted by Crippen LogP contribution is -2.30. The van der Waals surface area contributed by atoms with E-state index in [-0.39, 0.29) is 16.7 Å². The molecule has 0 aliphatic heterocycles. The van der Waals surface area contributed by atoms with Crippen molar-refractivity contribution in [3.05, 3.63) is 27.4 Å². The van der Waals surface area contributed by atoms with Gasteiger partial charge in [0.15, 0.2) is 6.10 Å². The number of hydrogen-bond donors (Lipinski definition) is 0. The lowest BCUT2D eigenvalue weighted by molar-refractivity contribution is -0.149. The lowest BCUT2D eigenvalue weighted by Gasteiger charge is -2.17. The predicted octanol–water partition coefficient (Wildman–Crippen LogP) is 3.57. The summed E-state index contributed by atoms with van der Waals surface area (Å²) in [4.78, 5) is 11.6. The maximum Gasteiger partial charge on any atom is 0.347 e. The van der Waals surface area contributed by atoms with Gasteiger partial charge in [0.05, 0.1) is 16.6 Å². The van der Waals surface area contributed by atoms with Crippen molar-refractivity contribution in [1.82, 2.24) is 0 Å². The molecule has 1 saturated carbocycles. The van der Waals surface area contributed by atoms with Crippen LogP contribution in [-0.2, 0) is 9.53 Å². The Bertz CT molecular complexity index is 477. The van der Waals surface area contributed by atoms with Crippen molar-refractivity contribution in [3.8, 4) is 5.75 Å². The Kier molecular flexibility index (Phi) is 4.12. The SMILES string of the molecule is COC(=O)C(Oc1cc(F)c(Cl)cc1Br)C1CC1. The van der Waals surface area contributed by atoms with E-state index in [1.165, 1.54) is 13.2 Å². The number of carbonyl (C=O) groups is 1. The zero-order valence-electron chi connectivity index (χ0n) is 9.58. The van der Waals surface area contributed by atoms with E-state index < -0.39 is 17.9 Å². The molecule has 2 rings (SSSR count). The summed E-state index contributed by atoms with van der Waals surface area (Å²) in [5.41, 5.74) is 0. The molecule has 6 heteroatoms. The van der Waals surface area contributed by atoms with Crippen LogP contribution in [0.1, 0.15) is 12.8 Å². The highest BCUT2D eigenvalue weighted by molar-refractivity contribution is 9.10. The Labute approximate surface area is 117 Å². The highest BCUT2D eigenvalue weighted by Crippen LogP contribution is 2.38. The fourth-order valence-corrected chi connectivity index (χ4v) is 2.32. The molecule has 0 bridgehead atoms. The summed E-state index contributed by atoms with van der Waals surface area (Å²) in [6, 6.07) is 2.55. The van der Waals surface area contributed by atoms with E-state index in [0.717, 1.165) is 18.9 Å². The number of benzene rings is 1. The first kappa shape index (κ1) is 13.6. The third-order valence-corrected chi connectivity index (χ3v) is 3.62. The average Bonchev–Trinajstić information content (AvgIpc) is 3.15. The molecule has 1 aliphatic carbocycles. The van der Waals surface area contributed by atoms with Gasteiger partial charge in [-0.25, -0.2) is 9.18 Å². The van der Waals surface area contributed by atoms with E-state index in [4.69, 9.17) is 16.3 Å². The molecule has 18 heavy (non-hydrogen) atoms. The summed E-state index contributed by atoms with van der Waals surface area (Å²) in [6.45, 7) is 0. The van der Waals surface area contributed by atoms with Gasteiger partial charge in [-0.15, -0.1) is 0 Å². The minimum atomic E-state index is -0.688. The van der Waals surface area contributed by atoms with Crippen LogP contribution in [0.4, 0.5) is 4.39 Å². The minimum Gasteiger partial charge on any atom is -0.477 e. The van der Waals surface area contributed by atoms with Gasteiger partial charge in [0, 0.05) is 12.0 Å². The lowest BCUT2D eigenvalue weighted by atomic mass is 10.2. The molecule has 98 valence electrons. The standard InChI is InChI=1S/C12H11BrClFO3/c1-17-12(16)11(6-2-3-6)18-10-5-9(15)8(14)4-7(10)13/h4-6,11H,2-3H2,1H3. The molecule has 1 unspecified atom stereocenters. The molecule has 0 radical (unpaired) electrons. The van der Waals surface area contributed by atoms with Crippen molar-refractivity contribution >= 4 is 33.5 Å². The molecular weight excluding hydrogens is 326 g/mol. The van der Waals surface area contributed by atoms with Crippen LogP contribution in [0, 0.1) is 11.7 Å². The summed E-state index contributed by atoms with van der Waals surface area (Å²) in [6.07, 6.45) is 1.13. The van der Waals surface area contributed by atoms with E-state index in [1.54, 1.807) is 0 Å². The van der Waals surface area contributed by atoms with E-state index in [9.17, 15) is 9.18 Å². The van der Waals surface area contributed by atoms with Gasteiger partial charge in [-0.1, -0.05) is 11.6 Å². The average molecular weight is 338 g/mol. The van der Waals surface area contributed by atoms with Gasteiger partial charge in [0.2, 0.25) is 0 Å². The smallest absolute Gasteiger partial charge is 0.347 e. The third-order valence-electron chi connectivity index (χ3n) is 2.71. The molecule has 1 fully saturated rings. The second kappa shape index (κ2) is 5.45. The largest absolute Gasteiger partial charge is 0.477 e. The van der Waals surface area contributed by atoms with Gasteiger partial charge in [0.1, 0.15) is 11.6 Å². The van der Waals surface area contributed by atoms with Crippen LogP contribution in [-0.4, -0.2) is 19.2 Å². The second-order valence-electron chi connectivity index (χ2n) is 4.10. The number of esters is 1. The number of rotatable bonds is 4. The number of hydrogen-bond acceptors (Lipinski definition) is 3. The summed E-state index contributed by atoms with van der Waals surface area (Å²) in [5.74, 6) is -0.642. The first-order chi connectivity index (χ1) is 8.52. The van der Waals surface area contributed by atoms with Crippen molar-refractivity contribution in [2.45, 2.75) is 18.9 Å². The van der Waals surface area contributed by atoms with Crippen LogP contribution in [0.2, 0.25) is 5.02 Å². The van der Waals surface area contributed by atoms with Crippen molar-refractivity contribution in [3.63, 3.8) is 0 Å². The maximum absolute atomic E-state index is 13.4. The van der Waals surface area contributed by atoms with Crippen molar-refractivity contribution in [2.75, 3.05) is 7.11 Å². The fraction of sp³-hybridized carbons (Fsp3) is 0.417. The fourth-order valence-electron chi connectivity index (χ4n) is 1.58. The first-order valence-electron chi connectivity index (χ1n) is 5.42. The zero-order chi connectivity index (χ0) is 13.3. The Balaban J connectivity index is 2.21. The van der Waals surface area contributed by atoms with Gasteiger partial charge < -0.3 is 9.47 Å². The number of halogens is 3. The van der Waals surface area contributed by atoms with E-state index in [0.29, 0.717) is 4.47 Å². The van der Waals surface area contributed by atoms with Gasteiger partial charge in [-0.3, -0.25) is 0 Å². The first-order valence-corrected chi connectivity index (χ1v) is 6.59. The van der Waals surface area contributed by atoms with Gasteiger partial charge >= 0.3 is 5.97 Å². The number of carbonyl (C=O) groups excluding carboxylic acids is 1. The summed E-state index contributed by atoms with van der Waals surface area (Å²) in [7, 11) is 1.30. The molecule has 0 aromatic heterocycles. The van der Waals surface area contributed by atoms with Crippen LogP contribution in [0.25, 0.3) is 0 Å². The molecule has 3 nitrogen and oxygen atoms in total. The normalized spacial score (nSPS) is 16.2. The molecule has 1 aliphatic rings. The van der Waals surface area contributed by atoms with E-state index in [2.05, 4.69) is 20.7 Å². The molecule has 0 heterocycles. The summed E-state index contributed by atoms with van der Waals surface area (Å²) >= 11 is 8.86. The molecule has 0 spiro atoms. The van der Waals surface area contributed by atoms with Crippen LogP contribution >= 0.6 is 27.5 Å². The summed E-state index contributed by atoms with van der Waals surface area (Å²) < 4.78 is 24.1. The van der Waals surface area contributed by atoms with Gasteiger partial charge in [0.25, 0.3) is 0 Å². The maximum atomic E-state index is 13.4. The zero-order valence-corrected chi connectivity index (χ0v) is 11.9. The molecule has 1 aromatic rings. The van der Waals surface area contributed by atoms with Crippen LogP contribution in [0.5, 0.6) is 5.75 Å². The summed E-state index contributed by atoms with van der Waals surface area (Å²) in [5, 5.41) is -0.00438. The predicted molar refractivity (Wildman–Crippen MR) is 68.3 cm³/mol. The molecule has 0 saturated heterocycles.